The van der Waals surface area contributed by atoms with Crippen molar-refractivity contribution in [2.45, 2.75) is 12.0 Å². The van der Waals surface area contributed by atoms with E-state index in [0.29, 0.717) is 5.56 Å². The predicted octanol–water partition coefficient (Wildman–Crippen LogP) is 1.26. The summed E-state index contributed by atoms with van der Waals surface area (Å²) in [5.41, 5.74) is 0.463. The summed E-state index contributed by atoms with van der Waals surface area (Å²) in [6.07, 6.45) is 3.37. The molecule has 6 heteroatoms. The van der Waals surface area contributed by atoms with Crippen molar-refractivity contribution in [1.29, 1.82) is 0 Å². The second kappa shape index (κ2) is 5.94. The minimum atomic E-state index is -0.797. The summed E-state index contributed by atoms with van der Waals surface area (Å²) < 4.78 is 14.8. The number of carbonyl (C=O) groups is 2. The van der Waals surface area contributed by atoms with E-state index in [1.54, 1.807) is 35.2 Å². The van der Waals surface area contributed by atoms with Crippen LogP contribution in [0.15, 0.2) is 60.4 Å². The van der Waals surface area contributed by atoms with Gasteiger partial charge in [0.2, 0.25) is 6.04 Å². The van der Waals surface area contributed by atoms with Gasteiger partial charge in [-0.1, -0.05) is 18.2 Å². The lowest BCUT2D eigenvalue weighted by Gasteiger charge is -2.28. The number of hydrogen-bond donors (Lipinski definition) is 1. The molecule has 1 aliphatic heterocycles. The molecule has 0 radical (unpaired) electrons. The molecule has 23 heavy (non-hydrogen) atoms. The van der Waals surface area contributed by atoms with Crippen LogP contribution in [0.25, 0.3) is 5.41 Å². The number of amides is 2. The van der Waals surface area contributed by atoms with E-state index in [0.717, 1.165) is 0 Å². The van der Waals surface area contributed by atoms with Crippen LogP contribution in [0.3, 0.4) is 0 Å². The van der Waals surface area contributed by atoms with Gasteiger partial charge in [-0.25, -0.2) is 4.39 Å². The van der Waals surface area contributed by atoms with Crippen molar-refractivity contribution in [3.05, 3.63) is 77.2 Å². The zero-order valence-corrected chi connectivity index (χ0v) is 11.9. The van der Waals surface area contributed by atoms with Crippen molar-refractivity contribution in [3.63, 3.8) is 0 Å². The molecule has 1 aromatic carbocycles. The zero-order valence-electron chi connectivity index (χ0n) is 11.9. The minimum absolute atomic E-state index is 0.0717. The molecule has 0 unspecified atom stereocenters. The Morgan fingerprint density at radius 2 is 1.74 bits per heavy atom. The molecular formula is C17H12FN3O2. The van der Waals surface area contributed by atoms with Gasteiger partial charge in [0.25, 0.3) is 11.8 Å². The predicted molar refractivity (Wildman–Crippen MR) is 79.8 cm³/mol. The van der Waals surface area contributed by atoms with Gasteiger partial charge in [-0.2, -0.15) is 4.57 Å². The van der Waals surface area contributed by atoms with E-state index in [9.17, 15) is 19.4 Å². The van der Waals surface area contributed by atoms with Gasteiger partial charge in [0.15, 0.2) is 12.4 Å². The molecule has 5 nitrogen and oxygen atoms in total. The highest BCUT2D eigenvalue weighted by molar-refractivity contribution is 6.14. The summed E-state index contributed by atoms with van der Waals surface area (Å²) >= 11 is 0. The Hall–Kier alpha value is -3.11. The summed E-state index contributed by atoms with van der Waals surface area (Å²) in [5, 5.41) is 11.6. The number of piperidine rings is 1. The van der Waals surface area contributed by atoms with Crippen LogP contribution < -0.4 is 9.88 Å². The van der Waals surface area contributed by atoms with Gasteiger partial charge in [0.05, 0.1) is 11.5 Å². The molecular weight excluding hydrogens is 297 g/mol. The Bertz CT molecular complexity index is 811. The topological polar surface area (TPSA) is 72.3 Å². The van der Waals surface area contributed by atoms with Crippen LogP contribution in [0.2, 0.25) is 0 Å². The number of halogens is 1. The normalized spacial score (nSPS) is 20.8. The van der Waals surface area contributed by atoms with Crippen LogP contribution in [0, 0.1) is 5.82 Å². The monoisotopic (exact) mass is 309 g/mol. The van der Waals surface area contributed by atoms with Gasteiger partial charge in [-0.15, -0.1) is 0 Å². The van der Waals surface area contributed by atoms with Crippen molar-refractivity contribution in [2.75, 3.05) is 0 Å². The number of carbonyl (C=O) groups excluding carboxylic acids is 2. The molecule has 1 saturated heterocycles. The Kier molecular flexibility index (Phi) is 3.83. The van der Waals surface area contributed by atoms with Crippen molar-refractivity contribution >= 4 is 17.7 Å². The maximum Gasteiger partial charge on any atom is 0.296 e. The fourth-order valence-electron chi connectivity index (χ4n) is 2.75. The second-order valence-electron chi connectivity index (χ2n) is 5.14. The number of aromatic nitrogens is 1. The standard InChI is InChI=1S/C17H12FN3O2/c18-12-6-4-11(5-7-12)14-13(10-19)16(22)20-17(23)15(14)21-8-2-1-3-9-21/h1-9,14-15H,(H,20,22,23)/t14-,15+/m0/s1. The summed E-state index contributed by atoms with van der Waals surface area (Å²) in [4.78, 5) is 24.4. The van der Waals surface area contributed by atoms with E-state index in [1.807, 2.05) is 5.87 Å². The first-order chi connectivity index (χ1) is 11.1. The highest BCUT2D eigenvalue weighted by Gasteiger charge is 2.46. The molecule has 1 aliphatic rings. The Morgan fingerprint density at radius 1 is 1.09 bits per heavy atom. The van der Waals surface area contributed by atoms with Crippen molar-refractivity contribution in [1.82, 2.24) is 5.32 Å². The number of pyridine rings is 1. The van der Waals surface area contributed by atoms with Crippen LogP contribution >= 0.6 is 0 Å². The fraction of sp³-hybridized carbons (Fsp3) is 0.118. The summed E-state index contributed by atoms with van der Waals surface area (Å²) in [7, 11) is 0. The van der Waals surface area contributed by atoms with Crippen LogP contribution in [0.1, 0.15) is 17.5 Å². The Morgan fingerprint density at radius 3 is 2.35 bits per heavy atom. The molecule has 0 bridgehead atoms. The van der Waals surface area contributed by atoms with E-state index in [-0.39, 0.29) is 5.57 Å². The average molecular weight is 309 g/mol. The number of benzene rings is 1. The molecule has 0 spiro atoms. The summed E-state index contributed by atoms with van der Waals surface area (Å²) in [6.45, 7) is 0. The number of imide groups is 1. The quantitative estimate of drug-likeness (QED) is 0.392. The number of hydrogen-bond acceptors (Lipinski definition) is 2. The third-order valence-corrected chi connectivity index (χ3v) is 3.79. The van der Waals surface area contributed by atoms with Crippen LogP contribution in [0.4, 0.5) is 4.39 Å². The largest absolute Gasteiger partial charge is 0.763 e. The van der Waals surface area contributed by atoms with Gasteiger partial charge < -0.3 is 5.41 Å². The van der Waals surface area contributed by atoms with E-state index >= 15 is 0 Å². The molecule has 2 atom stereocenters. The number of rotatable bonds is 2. The SMILES string of the molecule is [N-]=C=C1C(=O)NC(=O)[C@H]([n+]2ccccc2)[C@H]1c1ccc(F)cc1. The first kappa shape index (κ1) is 14.8. The molecule has 0 aliphatic carbocycles. The maximum atomic E-state index is 13.2. The maximum absolute atomic E-state index is 13.2. The van der Waals surface area contributed by atoms with E-state index in [2.05, 4.69) is 5.32 Å². The highest BCUT2D eigenvalue weighted by atomic mass is 19.1. The molecule has 3 rings (SSSR count). The van der Waals surface area contributed by atoms with Gasteiger partial charge in [0, 0.05) is 12.1 Å². The first-order valence-electron chi connectivity index (χ1n) is 6.95. The zero-order chi connectivity index (χ0) is 16.4. The van der Waals surface area contributed by atoms with E-state index in [1.165, 1.54) is 24.3 Å². The van der Waals surface area contributed by atoms with Gasteiger partial charge in [-0.3, -0.25) is 20.8 Å². The lowest BCUT2D eigenvalue weighted by atomic mass is 9.81. The Labute approximate surface area is 131 Å². The molecule has 1 N–H and O–H groups in total. The average Bonchev–Trinajstić information content (AvgIpc) is 2.56. The Balaban J connectivity index is 2.17. The van der Waals surface area contributed by atoms with Crippen LogP contribution in [-0.4, -0.2) is 17.7 Å². The smallest absolute Gasteiger partial charge is 0.296 e. The van der Waals surface area contributed by atoms with Crippen LogP contribution in [-0.2, 0) is 9.59 Å². The number of nitrogens with zero attached hydrogens (tertiary/aromatic N) is 2. The minimum Gasteiger partial charge on any atom is -0.763 e. The lowest BCUT2D eigenvalue weighted by molar-refractivity contribution is -0.711. The van der Waals surface area contributed by atoms with Crippen molar-refractivity contribution in [2.24, 2.45) is 0 Å². The van der Waals surface area contributed by atoms with Crippen LogP contribution in [0.5, 0.6) is 0 Å². The molecule has 114 valence electrons. The van der Waals surface area contributed by atoms with Gasteiger partial charge in [-0.05, 0) is 17.7 Å². The third kappa shape index (κ3) is 2.67. The summed E-state index contributed by atoms with van der Waals surface area (Å²) in [5.74, 6) is -0.524. The highest BCUT2D eigenvalue weighted by Crippen LogP contribution is 2.34. The molecule has 2 aromatic rings. The van der Waals surface area contributed by atoms with Gasteiger partial charge in [0.1, 0.15) is 5.82 Å². The molecule has 2 amide bonds. The van der Waals surface area contributed by atoms with E-state index < -0.39 is 29.6 Å². The number of nitrogens with one attached hydrogen (secondary N) is 1. The molecule has 2 heterocycles. The molecule has 0 saturated carbocycles. The summed E-state index contributed by atoms with van der Waals surface area (Å²) in [6, 6.07) is 9.95. The molecule has 1 fully saturated rings. The molecule has 1 aromatic heterocycles. The lowest BCUT2D eigenvalue weighted by Crippen LogP contribution is -2.57. The van der Waals surface area contributed by atoms with Crippen molar-refractivity contribution < 1.29 is 18.5 Å². The van der Waals surface area contributed by atoms with Gasteiger partial charge >= 0.3 is 0 Å². The fourth-order valence-corrected chi connectivity index (χ4v) is 2.75. The van der Waals surface area contributed by atoms with Crippen molar-refractivity contribution in [3.8, 4) is 0 Å². The van der Waals surface area contributed by atoms with E-state index in [4.69, 9.17) is 0 Å². The second-order valence-corrected chi connectivity index (χ2v) is 5.14. The first-order valence-corrected chi connectivity index (χ1v) is 6.95. The third-order valence-electron chi connectivity index (χ3n) is 3.79.